The molecule has 2 aromatic carbocycles. The highest BCUT2D eigenvalue weighted by molar-refractivity contribution is 7.99. The summed E-state index contributed by atoms with van der Waals surface area (Å²) in [7, 11) is 0. The lowest BCUT2D eigenvalue weighted by Gasteiger charge is -2.16. The molecule has 1 atom stereocenters. The van der Waals surface area contributed by atoms with Gasteiger partial charge in [0.25, 0.3) is 0 Å². The highest BCUT2D eigenvalue weighted by Crippen LogP contribution is 2.30. The molecular formula is C18H22O2S. The minimum absolute atomic E-state index is 0.524. The van der Waals surface area contributed by atoms with Crippen LogP contribution < -0.4 is 4.74 Å². The van der Waals surface area contributed by atoms with E-state index in [9.17, 15) is 5.11 Å². The van der Waals surface area contributed by atoms with Gasteiger partial charge in [-0.15, -0.1) is 11.8 Å². The lowest BCUT2D eigenvalue weighted by molar-refractivity contribution is 0.195. The Morgan fingerprint density at radius 3 is 2.71 bits per heavy atom. The van der Waals surface area contributed by atoms with Crippen LogP contribution in [0.1, 0.15) is 30.6 Å². The molecule has 0 saturated carbocycles. The quantitative estimate of drug-likeness (QED) is 0.757. The van der Waals surface area contributed by atoms with Crippen molar-refractivity contribution in [3.05, 3.63) is 59.7 Å². The van der Waals surface area contributed by atoms with Crippen LogP contribution in [0.2, 0.25) is 0 Å². The molecule has 0 bridgehead atoms. The van der Waals surface area contributed by atoms with E-state index in [0.29, 0.717) is 12.4 Å². The van der Waals surface area contributed by atoms with Crippen LogP contribution in [0.25, 0.3) is 0 Å². The smallest absolute Gasteiger partial charge is 0.125 e. The van der Waals surface area contributed by atoms with Crippen LogP contribution in [-0.2, 0) is 0 Å². The molecule has 1 N–H and O–H groups in total. The molecule has 2 nitrogen and oxygen atoms in total. The van der Waals surface area contributed by atoms with Gasteiger partial charge in [-0.2, -0.15) is 0 Å². The third kappa shape index (κ3) is 4.80. The number of benzene rings is 2. The summed E-state index contributed by atoms with van der Waals surface area (Å²) >= 11 is 1.66. The number of aryl methyl sites for hydroxylation is 1. The summed E-state index contributed by atoms with van der Waals surface area (Å²) in [6.07, 6.45) is 0.436. The maximum Gasteiger partial charge on any atom is 0.125 e. The average molecular weight is 302 g/mol. The summed E-state index contributed by atoms with van der Waals surface area (Å²) < 4.78 is 5.71. The number of aliphatic hydroxyl groups is 1. The second-order valence-electron chi connectivity index (χ2n) is 5.03. The summed E-state index contributed by atoms with van der Waals surface area (Å²) in [4.78, 5) is 1.18. The van der Waals surface area contributed by atoms with E-state index in [4.69, 9.17) is 4.74 Å². The number of para-hydroxylation sites is 1. The lowest BCUT2D eigenvalue weighted by atomic mass is 10.1. The van der Waals surface area contributed by atoms with Crippen molar-refractivity contribution in [2.75, 3.05) is 12.4 Å². The molecule has 3 heteroatoms. The number of ether oxygens (including phenoxy) is 1. The van der Waals surface area contributed by atoms with E-state index in [1.54, 1.807) is 11.8 Å². The number of thioether (sulfide) groups is 1. The van der Waals surface area contributed by atoms with Crippen molar-refractivity contribution in [1.82, 2.24) is 0 Å². The van der Waals surface area contributed by atoms with Gasteiger partial charge >= 0.3 is 0 Å². The predicted octanol–water partition coefficient (Wildman–Crippen LogP) is 4.61. The molecule has 21 heavy (non-hydrogen) atoms. The number of hydrogen-bond donors (Lipinski definition) is 1. The maximum absolute atomic E-state index is 10.4. The van der Waals surface area contributed by atoms with Crippen LogP contribution in [0, 0.1) is 6.92 Å². The van der Waals surface area contributed by atoms with E-state index >= 15 is 0 Å². The standard InChI is InChI=1S/C18H22O2S/c1-3-11-20-18-10-5-4-9-16(18)17(19)13-21-15-8-6-7-14(2)12-15/h4-10,12,17,19H,3,11,13H2,1-2H3. The highest BCUT2D eigenvalue weighted by Gasteiger charge is 2.13. The van der Waals surface area contributed by atoms with Gasteiger partial charge in [-0.25, -0.2) is 0 Å². The molecule has 0 aromatic heterocycles. The largest absolute Gasteiger partial charge is 0.493 e. The summed E-state index contributed by atoms with van der Waals surface area (Å²) in [5, 5.41) is 10.4. The van der Waals surface area contributed by atoms with Crippen LogP contribution in [0.3, 0.4) is 0 Å². The second-order valence-corrected chi connectivity index (χ2v) is 6.12. The van der Waals surface area contributed by atoms with Crippen LogP contribution in [0.4, 0.5) is 0 Å². The third-order valence-electron chi connectivity index (χ3n) is 3.14. The van der Waals surface area contributed by atoms with Gasteiger partial charge in [-0.05, 0) is 31.5 Å². The maximum atomic E-state index is 10.4. The minimum Gasteiger partial charge on any atom is -0.493 e. The van der Waals surface area contributed by atoms with Gasteiger partial charge in [0, 0.05) is 16.2 Å². The molecule has 0 aliphatic carbocycles. The number of rotatable bonds is 7. The molecule has 0 heterocycles. The average Bonchev–Trinajstić information content (AvgIpc) is 2.51. The molecule has 0 spiro atoms. The monoisotopic (exact) mass is 302 g/mol. The summed E-state index contributed by atoms with van der Waals surface area (Å²) in [6, 6.07) is 16.1. The van der Waals surface area contributed by atoms with Gasteiger partial charge < -0.3 is 9.84 Å². The Labute approximate surface area is 131 Å². The topological polar surface area (TPSA) is 29.5 Å². The molecule has 2 aromatic rings. The fraction of sp³-hybridized carbons (Fsp3) is 0.333. The van der Waals surface area contributed by atoms with Crippen molar-refractivity contribution in [1.29, 1.82) is 0 Å². The Morgan fingerprint density at radius 2 is 1.95 bits per heavy atom. The number of aliphatic hydroxyl groups excluding tert-OH is 1. The van der Waals surface area contributed by atoms with Crippen LogP contribution in [0.5, 0.6) is 5.75 Å². The normalized spacial score (nSPS) is 12.1. The van der Waals surface area contributed by atoms with E-state index in [-0.39, 0.29) is 0 Å². The highest BCUT2D eigenvalue weighted by atomic mass is 32.2. The van der Waals surface area contributed by atoms with Gasteiger partial charge in [-0.1, -0.05) is 42.8 Å². The van der Waals surface area contributed by atoms with Gasteiger partial charge in [-0.3, -0.25) is 0 Å². The Balaban J connectivity index is 2.01. The van der Waals surface area contributed by atoms with Crippen LogP contribution in [-0.4, -0.2) is 17.5 Å². The molecule has 0 saturated heterocycles. The molecule has 0 aliphatic rings. The zero-order valence-electron chi connectivity index (χ0n) is 12.6. The van der Waals surface area contributed by atoms with Gasteiger partial charge in [0.2, 0.25) is 0 Å². The first-order valence-electron chi connectivity index (χ1n) is 7.30. The van der Waals surface area contributed by atoms with Gasteiger partial charge in [0.15, 0.2) is 0 Å². The van der Waals surface area contributed by atoms with E-state index in [0.717, 1.165) is 17.7 Å². The zero-order valence-corrected chi connectivity index (χ0v) is 13.4. The van der Waals surface area contributed by atoms with E-state index in [2.05, 4.69) is 32.0 Å². The van der Waals surface area contributed by atoms with E-state index < -0.39 is 6.10 Å². The Kier molecular flexibility index (Phi) is 6.15. The van der Waals surface area contributed by atoms with Crippen molar-refractivity contribution in [3.8, 4) is 5.75 Å². The third-order valence-corrected chi connectivity index (χ3v) is 4.21. The molecule has 0 fully saturated rings. The second kappa shape index (κ2) is 8.11. The predicted molar refractivity (Wildman–Crippen MR) is 89.1 cm³/mol. The summed E-state index contributed by atoms with van der Waals surface area (Å²) in [5.41, 5.74) is 2.10. The first kappa shape index (κ1) is 15.9. The van der Waals surface area contributed by atoms with Crippen molar-refractivity contribution in [2.24, 2.45) is 0 Å². The molecule has 1 unspecified atom stereocenters. The molecule has 112 valence electrons. The number of hydrogen-bond acceptors (Lipinski definition) is 3. The SMILES string of the molecule is CCCOc1ccccc1C(O)CSc1cccc(C)c1. The summed E-state index contributed by atoms with van der Waals surface area (Å²) in [6.45, 7) is 4.83. The fourth-order valence-corrected chi connectivity index (χ4v) is 3.04. The van der Waals surface area contributed by atoms with Crippen molar-refractivity contribution in [2.45, 2.75) is 31.3 Å². The van der Waals surface area contributed by atoms with Crippen molar-refractivity contribution in [3.63, 3.8) is 0 Å². The van der Waals surface area contributed by atoms with Gasteiger partial charge in [0.1, 0.15) is 5.75 Å². The van der Waals surface area contributed by atoms with Gasteiger partial charge in [0.05, 0.1) is 12.7 Å². The first-order valence-corrected chi connectivity index (χ1v) is 8.28. The van der Waals surface area contributed by atoms with E-state index in [1.807, 2.05) is 30.3 Å². The Hall–Kier alpha value is -1.45. The molecular weight excluding hydrogens is 280 g/mol. The van der Waals surface area contributed by atoms with Crippen LogP contribution >= 0.6 is 11.8 Å². The van der Waals surface area contributed by atoms with Crippen LogP contribution in [0.15, 0.2) is 53.4 Å². The lowest BCUT2D eigenvalue weighted by Crippen LogP contribution is -2.05. The molecule has 0 radical (unpaired) electrons. The van der Waals surface area contributed by atoms with Crippen molar-refractivity contribution < 1.29 is 9.84 Å². The Morgan fingerprint density at radius 1 is 1.14 bits per heavy atom. The first-order chi connectivity index (χ1) is 10.2. The minimum atomic E-state index is -0.524. The molecule has 0 amide bonds. The van der Waals surface area contributed by atoms with Crippen molar-refractivity contribution >= 4 is 11.8 Å². The Bertz CT molecular complexity index is 569. The fourth-order valence-electron chi connectivity index (χ4n) is 2.07. The summed E-state index contributed by atoms with van der Waals surface area (Å²) in [5.74, 6) is 1.41. The molecule has 2 rings (SSSR count). The molecule has 0 aliphatic heterocycles. The zero-order chi connectivity index (χ0) is 15.1. The van der Waals surface area contributed by atoms with E-state index in [1.165, 1.54) is 10.5 Å².